The fourth-order valence-corrected chi connectivity index (χ4v) is 3.28. The summed E-state index contributed by atoms with van der Waals surface area (Å²) in [5, 5.41) is 0.0495. The van der Waals surface area contributed by atoms with Gasteiger partial charge >= 0.3 is 0 Å². The van der Waals surface area contributed by atoms with Crippen LogP contribution in [0.5, 0.6) is 5.75 Å². The molecule has 0 heterocycles. The van der Waals surface area contributed by atoms with Gasteiger partial charge in [0, 0.05) is 13.1 Å². The predicted octanol–water partition coefficient (Wildman–Crippen LogP) is 3.63. The first-order valence-electron chi connectivity index (χ1n) is 7.10. The first-order chi connectivity index (χ1) is 9.54. The number of aryl methyl sites for hydroxylation is 1. The van der Waals surface area contributed by atoms with Gasteiger partial charge in [-0.1, -0.05) is 24.5 Å². The van der Waals surface area contributed by atoms with Gasteiger partial charge in [0.2, 0.25) is 0 Å². The van der Waals surface area contributed by atoms with Crippen molar-refractivity contribution < 1.29 is 9.53 Å². The zero-order valence-corrected chi connectivity index (χ0v) is 13.1. The number of benzene rings is 1. The number of carbonyl (C=O) groups is 1. The van der Waals surface area contributed by atoms with Gasteiger partial charge in [0.15, 0.2) is 0 Å². The van der Waals surface area contributed by atoms with Crippen LogP contribution in [-0.2, 0) is 0 Å². The van der Waals surface area contributed by atoms with E-state index in [1.165, 1.54) is 0 Å². The van der Waals surface area contributed by atoms with Crippen LogP contribution < -0.4 is 4.74 Å². The number of rotatable bonds is 3. The molecule has 1 fully saturated rings. The maximum absolute atomic E-state index is 12.7. The molecule has 1 aromatic carbocycles. The van der Waals surface area contributed by atoms with E-state index in [-0.39, 0.29) is 17.3 Å². The monoisotopic (exact) mass is 295 g/mol. The van der Waals surface area contributed by atoms with Crippen molar-refractivity contribution in [2.75, 3.05) is 14.2 Å². The third-order valence-electron chi connectivity index (χ3n) is 4.05. The molecule has 20 heavy (non-hydrogen) atoms. The highest BCUT2D eigenvalue weighted by molar-refractivity contribution is 6.21. The van der Waals surface area contributed by atoms with Crippen molar-refractivity contribution in [3.8, 4) is 5.75 Å². The van der Waals surface area contributed by atoms with Crippen LogP contribution in [0.4, 0.5) is 0 Å². The van der Waals surface area contributed by atoms with E-state index in [2.05, 4.69) is 0 Å². The molecule has 110 valence electrons. The first kappa shape index (κ1) is 15.2. The highest BCUT2D eigenvalue weighted by atomic mass is 35.5. The van der Waals surface area contributed by atoms with E-state index >= 15 is 0 Å². The fourth-order valence-electron chi connectivity index (χ4n) is 2.83. The Bertz CT molecular complexity index is 489. The summed E-state index contributed by atoms with van der Waals surface area (Å²) in [6.07, 6.45) is 4.25. The van der Waals surface area contributed by atoms with Crippen molar-refractivity contribution in [1.29, 1.82) is 0 Å². The molecule has 0 N–H and O–H groups in total. The predicted molar refractivity (Wildman–Crippen MR) is 81.7 cm³/mol. The molecule has 0 aliphatic heterocycles. The summed E-state index contributed by atoms with van der Waals surface area (Å²) >= 11 is 6.39. The summed E-state index contributed by atoms with van der Waals surface area (Å²) in [4.78, 5) is 14.5. The molecule has 2 unspecified atom stereocenters. The van der Waals surface area contributed by atoms with Gasteiger partial charge in [-0.3, -0.25) is 4.79 Å². The zero-order chi connectivity index (χ0) is 14.7. The molecular weight excluding hydrogens is 274 g/mol. The number of hydrogen-bond donors (Lipinski definition) is 0. The highest BCUT2D eigenvalue weighted by Gasteiger charge is 2.30. The Morgan fingerprint density at radius 1 is 1.35 bits per heavy atom. The Labute approximate surface area is 125 Å². The lowest BCUT2D eigenvalue weighted by Gasteiger charge is -2.35. The summed E-state index contributed by atoms with van der Waals surface area (Å²) < 4.78 is 5.31. The lowest BCUT2D eigenvalue weighted by atomic mass is 9.93. The van der Waals surface area contributed by atoms with Gasteiger partial charge in [0.25, 0.3) is 5.91 Å². The minimum Gasteiger partial charge on any atom is -0.496 e. The summed E-state index contributed by atoms with van der Waals surface area (Å²) in [6.45, 7) is 1.97. The second-order valence-corrected chi connectivity index (χ2v) is 6.05. The molecule has 1 aliphatic rings. The number of methoxy groups -OCH3 is 1. The molecular formula is C16H22ClNO2. The molecule has 1 aromatic rings. The van der Waals surface area contributed by atoms with E-state index in [4.69, 9.17) is 16.3 Å². The molecule has 0 spiro atoms. The quantitative estimate of drug-likeness (QED) is 0.797. The van der Waals surface area contributed by atoms with Gasteiger partial charge in [-0.15, -0.1) is 11.6 Å². The number of alkyl halides is 1. The van der Waals surface area contributed by atoms with E-state index < -0.39 is 0 Å². The van der Waals surface area contributed by atoms with E-state index in [0.717, 1.165) is 31.2 Å². The van der Waals surface area contributed by atoms with Crippen LogP contribution in [0.1, 0.15) is 41.6 Å². The smallest absolute Gasteiger partial charge is 0.257 e. The van der Waals surface area contributed by atoms with Crippen molar-refractivity contribution in [2.24, 2.45) is 0 Å². The average Bonchev–Trinajstić information content (AvgIpc) is 2.46. The minimum absolute atomic E-state index is 0.0110. The van der Waals surface area contributed by atoms with Crippen LogP contribution >= 0.6 is 11.6 Å². The fraction of sp³-hybridized carbons (Fsp3) is 0.562. The number of carbonyl (C=O) groups excluding carboxylic acids is 1. The molecule has 1 aliphatic carbocycles. The van der Waals surface area contributed by atoms with Gasteiger partial charge in [-0.25, -0.2) is 0 Å². The molecule has 0 bridgehead atoms. The van der Waals surface area contributed by atoms with Crippen LogP contribution in [0.25, 0.3) is 0 Å². The van der Waals surface area contributed by atoms with Gasteiger partial charge in [0.1, 0.15) is 5.75 Å². The lowest BCUT2D eigenvalue weighted by molar-refractivity contribution is 0.0697. The molecule has 4 heteroatoms. The largest absolute Gasteiger partial charge is 0.496 e. The van der Waals surface area contributed by atoms with Crippen LogP contribution in [0, 0.1) is 6.92 Å². The number of halogens is 1. The molecule has 1 saturated carbocycles. The van der Waals surface area contributed by atoms with Crippen LogP contribution in [0.3, 0.4) is 0 Å². The van der Waals surface area contributed by atoms with E-state index in [0.29, 0.717) is 11.3 Å². The minimum atomic E-state index is -0.0110. The van der Waals surface area contributed by atoms with Crippen LogP contribution in [0.15, 0.2) is 18.2 Å². The molecule has 0 saturated heterocycles. The SMILES string of the molecule is COc1ccc(C)cc1C(=O)N(C)C1CCCCC1Cl. The van der Waals surface area contributed by atoms with E-state index in [1.807, 2.05) is 32.2 Å². The molecule has 2 atom stereocenters. The Morgan fingerprint density at radius 2 is 2.05 bits per heavy atom. The molecule has 2 rings (SSSR count). The van der Waals surface area contributed by atoms with E-state index in [1.54, 1.807) is 12.0 Å². The van der Waals surface area contributed by atoms with Gasteiger partial charge < -0.3 is 9.64 Å². The zero-order valence-electron chi connectivity index (χ0n) is 12.4. The summed E-state index contributed by atoms with van der Waals surface area (Å²) in [5.41, 5.74) is 1.66. The second-order valence-electron chi connectivity index (χ2n) is 5.49. The maximum Gasteiger partial charge on any atom is 0.257 e. The average molecular weight is 296 g/mol. The lowest BCUT2D eigenvalue weighted by Crippen LogP contribution is -2.44. The molecule has 0 aromatic heterocycles. The van der Waals surface area contributed by atoms with Crippen molar-refractivity contribution >= 4 is 17.5 Å². The van der Waals surface area contributed by atoms with Crippen molar-refractivity contribution in [2.45, 2.75) is 44.0 Å². The van der Waals surface area contributed by atoms with Crippen molar-refractivity contribution in [3.63, 3.8) is 0 Å². The van der Waals surface area contributed by atoms with E-state index in [9.17, 15) is 4.79 Å². The van der Waals surface area contributed by atoms with Crippen molar-refractivity contribution in [3.05, 3.63) is 29.3 Å². The topological polar surface area (TPSA) is 29.5 Å². The third kappa shape index (κ3) is 3.09. The maximum atomic E-state index is 12.7. The standard InChI is InChI=1S/C16H22ClNO2/c1-11-8-9-15(20-3)12(10-11)16(19)18(2)14-7-5-4-6-13(14)17/h8-10,13-14H,4-7H2,1-3H3. The normalized spacial score (nSPS) is 22.4. The van der Waals surface area contributed by atoms with Crippen LogP contribution in [-0.4, -0.2) is 36.4 Å². The van der Waals surface area contributed by atoms with Gasteiger partial charge in [-0.2, -0.15) is 0 Å². The Balaban J connectivity index is 2.23. The molecule has 1 amide bonds. The molecule has 0 radical (unpaired) electrons. The van der Waals surface area contributed by atoms with Gasteiger partial charge in [0.05, 0.1) is 18.1 Å². The second kappa shape index (κ2) is 6.49. The number of ether oxygens (including phenoxy) is 1. The van der Waals surface area contributed by atoms with Crippen LogP contribution in [0.2, 0.25) is 0 Å². The number of hydrogen-bond acceptors (Lipinski definition) is 2. The highest BCUT2D eigenvalue weighted by Crippen LogP contribution is 2.29. The third-order valence-corrected chi connectivity index (χ3v) is 4.56. The number of nitrogens with zero attached hydrogens (tertiary/aromatic N) is 1. The summed E-state index contributed by atoms with van der Waals surface area (Å²) in [7, 11) is 3.43. The Hall–Kier alpha value is -1.22. The number of amides is 1. The molecule has 3 nitrogen and oxygen atoms in total. The Kier molecular flexibility index (Phi) is 4.92. The Morgan fingerprint density at radius 3 is 2.70 bits per heavy atom. The summed E-state index contributed by atoms with van der Waals surface area (Å²) in [6, 6.07) is 5.78. The van der Waals surface area contributed by atoms with Crippen molar-refractivity contribution in [1.82, 2.24) is 4.90 Å². The van der Waals surface area contributed by atoms with Gasteiger partial charge in [-0.05, 0) is 31.9 Å². The first-order valence-corrected chi connectivity index (χ1v) is 7.54. The summed E-state index contributed by atoms with van der Waals surface area (Å²) in [5.74, 6) is 0.609.